The summed E-state index contributed by atoms with van der Waals surface area (Å²) < 4.78 is 0. The van der Waals surface area contributed by atoms with Crippen molar-refractivity contribution in [1.82, 2.24) is 4.90 Å². The van der Waals surface area contributed by atoms with Crippen LogP contribution in [0, 0.1) is 0 Å². The van der Waals surface area contributed by atoms with Crippen molar-refractivity contribution in [3.05, 3.63) is 0 Å². The van der Waals surface area contributed by atoms with Crippen LogP contribution >= 0.6 is 0 Å². The molecule has 2 fully saturated rings. The third-order valence-corrected chi connectivity index (χ3v) is 3.34. The summed E-state index contributed by atoms with van der Waals surface area (Å²) in [6, 6.07) is 0.868. The van der Waals surface area contributed by atoms with Gasteiger partial charge in [-0.25, -0.2) is 0 Å². The predicted molar refractivity (Wildman–Crippen MR) is 43.0 cm³/mol. The molecular formula is C9H17N. The minimum atomic E-state index is 0.716. The third-order valence-electron chi connectivity index (χ3n) is 3.34. The zero-order valence-electron chi connectivity index (χ0n) is 7.06. The Labute approximate surface area is 63.4 Å². The van der Waals surface area contributed by atoms with Crippen LogP contribution in [0.25, 0.3) is 0 Å². The van der Waals surface area contributed by atoms with Gasteiger partial charge in [-0.1, -0.05) is 6.92 Å². The van der Waals surface area contributed by atoms with Crippen LogP contribution < -0.4 is 0 Å². The van der Waals surface area contributed by atoms with Crippen LogP contribution in [0.5, 0.6) is 0 Å². The summed E-state index contributed by atoms with van der Waals surface area (Å²) in [6.07, 6.45) is 5.87. The van der Waals surface area contributed by atoms with E-state index in [0.29, 0.717) is 5.54 Å². The smallest absolute Gasteiger partial charge is 0.0214 e. The molecule has 1 atom stereocenters. The summed E-state index contributed by atoms with van der Waals surface area (Å²) in [4.78, 5) is 2.70. The Morgan fingerprint density at radius 2 is 2.10 bits per heavy atom. The summed E-state index contributed by atoms with van der Waals surface area (Å²) in [6.45, 7) is 5.93. The van der Waals surface area contributed by atoms with E-state index in [1.54, 1.807) is 0 Å². The molecule has 58 valence electrons. The molecule has 0 amide bonds. The Hall–Kier alpha value is -0.0400. The Morgan fingerprint density at radius 3 is 2.50 bits per heavy atom. The van der Waals surface area contributed by atoms with Crippen LogP contribution in [0.4, 0.5) is 0 Å². The van der Waals surface area contributed by atoms with Crippen molar-refractivity contribution in [1.29, 1.82) is 0 Å². The van der Waals surface area contributed by atoms with E-state index < -0.39 is 0 Å². The van der Waals surface area contributed by atoms with Crippen LogP contribution in [0.2, 0.25) is 0 Å². The lowest BCUT2D eigenvalue weighted by Crippen LogP contribution is -2.35. The van der Waals surface area contributed by atoms with Crippen molar-refractivity contribution in [2.45, 2.75) is 51.1 Å². The fraction of sp³-hybridized carbons (Fsp3) is 1.00. The Balaban J connectivity index is 2.10. The van der Waals surface area contributed by atoms with E-state index in [0.717, 1.165) is 6.04 Å². The molecular weight excluding hydrogens is 122 g/mol. The lowest BCUT2D eigenvalue weighted by molar-refractivity contribution is 0.198. The molecule has 1 aliphatic heterocycles. The van der Waals surface area contributed by atoms with Crippen molar-refractivity contribution in [2.75, 3.05) is 6.54 Å². The molecule has 1 unspecified atom stereocenters. The highest BCUT2D eigenvalue weighted by Gasteiger charge is 2.52. The highest BCUT2D eigenvalue weighted by Crippen LogP contribution is 2.51. The van der Waals surface area contributed by atoms with Gasteiger partial charge in [0.2, 0.25) is 0 Å². The minimum absolute atomic E-state index is 0.716. The quantitative estimate of drug-likeness (QED) is 0.537. The normalized spacial score (nSPS) is 37.2. The molecule has 1 nitrogen and oxygen atoms in total. The van der Waals surface area contributed by atoms with E-state index in [1.807, 2.05) is 0 Å². The summed E-state index contributed by atoms with van der Waals surface area (Å²) in [5, 5.41) is 0. The summed E-state index contributed by atoms with van der Waals surface area (Å²) in [7, 11) is 0. The van der Waals surface area contributed by atoms with E-state index >= 15 is 0 Å². The molecule has 0 aromatic heterocycles. The van der Waals surface area contributed by atoms with Gasteiger partial charge in [-0.15, -0.1) is 0 Å². The highest BCUT2D eigenvalue weighted by atomic mass is 15.3. The van der Waals surface area contributed by atoms with Gasteiger partial charge in [-0.2, -0.15) is 0 Å². The molecule has 0 aromatic carbocycles. The Morgan fingerprint density at radius 1 is 1.40 bits per heavy atom. The molecule has 10 heavy (non-hydrogen) atoms. The van der Waals surface area contributed by atoms with Crippen molar-refractivity contribution in [3.8, 4) is 0 Å². The summed E-state index contributed by atoms with van der Waals surface area (Å²) >= 11 is 0. The molecule has 0 radical (unpaired) electrons. The molecule has 0 N–H and O–H groups in total. The number of likely N-dealkylation sites (tertiary alicyclic amines) is 1. The largest absolute Gasteiger partial charge is 0.295 e. The molecule has 0 aromatic rings. The van der Waals surface area contributed by atoms with Gasteiger partial charge in [0.15, 0.2) is 0 Å². The number of rotatable bonds is 1. The molecule has 1 saturated carbocycles. The van der Waals surface area contributed by atoms with Crippen LogP contribution in [0.15, 0.2) is 0 Å². The maximum Gasteiger partial charge on any atom is 0.0214 e. The lowest BCUT2D eigenvalue weighted by Gasteiger charge is -2.26. The zero-order chi connectivity index (χ0) is 7.19. The number of nitrogens with zero attached hydrogens (tertiary/aromatic N) is 1. The van der Waals surface area contributed by atoms with E-state index in [-0.39, 0.29) is 0 Å². The van der Waals surface area contributed by atoms with E-state index in [9.17, 15) is 0 Å². The Bertz CT molecular complexity index is 138. The maximum absolute atomic E-state index is 2.70. The first-order valence-electron chi connectivity index (χ1n) is 4.55. The second kappa shape index (κ2) is 1.97. The molecule has 1 heteroatoms. The highest BCUT2D eigenvalue weighted by molar-refractivity contribution is 5.09. The topological polar surface area (TPSA) is 3.24 Å². The minimum Gasteiger partial charge on any atom is -0.295 e. The lowest BCUT2D eigenvalue weighted by atomic mass is 10.2. The molecule has 2 aliphatic rings. The van der Waals surface area contributed by atoms with Gasteiger partial charge in [-0.3, -0.25) is 4.90 Å². The average molecular weight is 139 g/mol. The fourth-order valence-electron chi connectivity index (χ4n) is 2.57. The Kier molecular flexibility index (Phi) is 1.31. The van der Waals surface area contributed by atoms with Crippen molar-refractivity contribution in [2.24, 2.45) is 0 Å². The standard InChI is InChI=1S/C9H17N/c1-3-10-8(2)4-5-9(10)6-7-9/h8H,3-7H2,1-2H3. The van der Waals surface area contributed by atoms with Gasteiger partial charge in [0, 0.05) is 11.6 Å². The van der Waals surface area contributed by atoms with Gasteiger partial charge >= 0.3 is 0 Å². The number of hydrogen-bond acceptors (Lipinski definition) is 1. The fourth-order valence-corrected chi connectivity index (χ4v) is 2.57. The summed E-state index contributed by atoms with van der Waals surface area (Å²) in [5.41, 5.74) is 0.716. The maximum atomic E-state index is 2.70. The van der Waals surface area contributed by atoms with Gasteiger partial charge in [0.25, 0.3) is 0 Å². The predicted octanol–water partition coefficient (Wildman–Crippen LogP) is 2.02. The molecule has 2 rings (SSSR count). The second-order valence-corrected chi connectivity index (χ2v) is 3.90. The van der Waals surface area contributed by atoms with Gasteiger partial charge in [0.05, 0.1) is 0 Å². The second-order valence-electron chi connectivity index (χ2n) is 3.90. The third kappa shape index (κ3) is 0.731. The van der Waals surface area contributed by atoms with E-state index in [1.165, 1.54) is 32.2 Å². The van der Waals surface area contributed by atoms with E-state index in [2.05, 4.69) is 18.7 Å². The van der Waals surface area contributed by atoms with Crippen molar-refractivity contribution >= 4 is 0 Å². The van der Waals surface area contributed by atoms with Gasteiger partial charge in [0.1, 0.15) is 0 Å². The van der Waals surface area contributed by atoms with Gasteiger partial charge < -0.3 is 0 Å². The van der Waals surface area contributed by atoms with Crippen LogP contribution in [-0.2, 0) is 0 Å². The van der Waals surface area contributed by atoms with Crippen LogP contribution in [0.3, 0.4) is 0 Å². The molecule has 1 heterocycles. The van der Waals surface area contributed by atoms with Gasteiger partial charge in [-0.05, 0) is 39.2 Å². The van der Waals surface area contributed by atoms with Crippen LogP contribution in [0.1, 0.15) is 39.5 Å². The first-order valence-corrected chi connectivity index (χ1v) is 4.55. The van der Waals surface area contributed by atoms with Crippen LogP contribution in [-0.4, -0.2) is 23.0 Å². The molecule has 1 saturated heterocycles. The van der Waals surface area contributed by atoms with Crippen molar-refractivity contribution < 1.29 is 0 Å². The van der Waals surface area contributed by atoms with E-state index in [4.69, 9.17) is 0 Å². The SMILES string of the molecule is CCN1C(C)CCC12CC2. The first kappa shape index (κ1) is 6.66. The molecule has 1 aliphatic carbocycles. The zero-order valence-corrected chi connectivity index (χ0v) is 7.06. The average Bonchev–Trinajstić information content (AvgIpc) is 2.60. The number of hydrogen-bond donors (Lipinski definition) is 0. The molecule has 1 spiro atoms. The first-order chi connectivity index (χ1) is 4.78. The van der Waals surface area contributed by atoms with Crippen molar-refractivity contribution in [3.63, 3.8) is 0 Å². The summed E-state index contributed by atoms with van der Waals surface area (Å²) in [5.74, 6) is 0. The molecule has 0 bridgehead atoms. The monoisotopic (exact) mass is 139 g/mol.